The molecule has 0 atom stereocenters. The second-order valence-corrected chi connectivity index (χ2v) is 3.28. The molecule has 0 saturated carbocycles. The highest BCUT2D eigenvalue weighted by atomic mass is 16.5. The van der Waals surface area contributed by atoms with E-state index >= 15 is 0 Å². The average molecular weight is 219 g/mol. The van der Waals surface area contributed by atoms with E-state index in [0.29, 0.717) is 19.8 Å². The molecule has 0 saturated heterocycles. The molecule has 0 heterocycles. The first-order valence-electron chi connectivity index (χ1n) is 4.90. The highest BCUT2D eigenvalue weighted by Crippen LogP contribution is 1.74. The number of carbonyl (C=O) groups excluding carboxylic acids is 1. The Morgan fingerprint density at radius 3 is 2.60 bits per heavy atom. The van der Waals surface area contributed by atoms with Crippen LogP contribution in [0.25, 0.3) is 0 Å². The molecule has 15 heavy (non-hydrogen) atoms. The zero-order chi connectivity index (χ0) is 11.5. The van der Waals surface area contributed by atoms with Gasteiger partial charge >= 0.3 is 6.03 Å². The van der Waals surface area contributed by atoms with E-state index in [2.05, 4.69) is 10.6 Å². The van der Waals surface area contributed by atoms with Gasteiger partial charge in [0.25, 0.3) is 0 Å². The number of likely N-dealkylation sites (N-methyl/N-ethyl adjacent to an activating group) is 1. The van der Waals surface area contributed by atoms with Gasteiger partial charge in [0.2, 0.25) is 0 Å². The van der Waals surface area contributed by atoms with Gasteiger partial charge in [-0.05, 0) is 14.1 Å². The summed E-state index contributed by atoms with van der Waals surface area (Å²) >= 11 is 0. The Kier molecular flexibility index (Phi) is 9.15. The molecular weight excluding hydrogens is 198 g/mol. The largest absolute Gasteiger partial charge is 0.382 e. The zero-order valence-corrected chi connectivity index (χ0v) is 9.71. The average Bonchev–Trinajstić information content (AvgIpc) is 2.17. The number of urea groups is 1. The van der Waals surface area contributed by atoms with Crippen LogP contribution in [0.3, 0.4) is 0 Å². The number of amides is 2. The smallest absolute Gasteiger partial charge is 0.316 e. The Labute approximate surface area is 90.9 Å². The van der Waals surface area contributed by atoms with Crippen molar-refractivity contribution in [3.05, 3.63) is 0 Å². The number of ether oxygens (including phenoxy) is 2. The molecule has 6 nitrogen and oxygen atoms in total. The van der Waals surface area contributed by atoms with E-state index in [1.807, 2.05) is 19.0 Å². The van der Waals surface area contributed by atoms with E-state index in [1.165, 1.54) is 0 Å². The van der Waals surface area contributed by atoms with Crippen LogP contribution in [0.4, 0.5) is 4.79 Å². The Balaban J connectivity index is 3.19. The highest BCUT2D eigenvalue weighted by Gasteiger charge is 1.98. The van der Waals surface area contributed by atoms with Crippen molar-refractivity contribution in [2.45, 2.75) is 0 Å². The van der Waals surface area contributed by atoms with E-state index in [9.17, 15) is 4.79 Å². The first kappa shape index (κ1) is 14.2. The van der Waals surface area contributed by atoms with Gasteiger partial charge in [0, 0.05) is 20.2 Å². The molecule has 2 N–H and O–H groups in total. The maximum Gasteiger partial charge on any atom is 0.316 e. The van der Waals surface area contributed by atoms with Crippen LogP contribution in [-0.4, -0.2) is 65.2 Å². The van der Waals surface area contributed by atoms with Gasteiger partial charge < -0.3 is 25.0 Å². The number of nitrogens with one attached hydrogen (secondary N) is 2. The monoisotopic (exact) mass is 219 g/mol. The number of nitrogens with zero attached hydrogens (tertiary/aromatic N) is 1. The van der Waals surface area contributed by atoms with Crippen molar-refractivity contribution >= 4 is 6.03 Å². The van der Waals surface area contributed by atoms with Crippen LogP contribution < -0.4 is 10.6 Å². The third-order valence-electron chi connectivity index (χ3n) is 1.61. The molecule has 0 spiro atoms. The van der Waals surface area contributed by atoms with Crippen molar-refractivity contribution in [2.75, 3.05) is 54.2 Å². The van der Waals surface area contributed by atoms with Gasteiger partial charge in [-0.3, -0.25) is 0 Å². The summed E-state index contributed by atoms with van der Waals surface area (Å²) < 4.78 is 9.85. The van der Waals surface area contributed by atoms with Gasteiger partial charge in [-0.25, -0.2) is 4.79 Å². The molecule has 90 valence electrons. The van der Waals surface area contributed by atoms with E-state index in [1.54, 1.807) is 7.11 Å². The normalized spacial score (nSPS) is 10.4. The van der Waals surface area contributed by atoms with Crippen LogP contribution in [-0.2, 0) is 9.47 Å². The van der Waals surface area contributed by atoms with Crippen LogP contribution in [0.5, 0.6) is 0 Å². The molecule has 0 radical (unpaired) electrons. The fourth-order valence-electron chi connectivity index (χ4n) is 0.787. The Hall–Kier alpha value is -0.850. The van der Waals surface area contributed by atoms with Gasteiger partial charge in [0.05, 0.1) is 13.2 Å². The lowest BCUT2D eigenvalue weighted by atomic mass is 10.6. The molecule has 0 aliphatic carbocycles. The second-order valence-electron chi connectivity index (χ2n) is 3.28. The second kappa shape index (κ2) is 9.70. The maximum atomic E-state index is 11.1. The van der Waals surface area contributed by atoms with Gasteiger partial charge in [-0.2, -0.15) is 0 Å². The minimum absolute atomic E-state index is 0.206. The number of hydrogen-bond donors (Lipinski definition) is 2. The minimum atomic E-state index is -0.214. The van der Waals surface area contributed by atoms with E-state index < -0.39 is 0 Å². The van der Waals surface area contributed by atoms with Gasteiger partial charge in [0.15, 0.2) is 0 Å². The van der Waals surface area contributed by atoms with E-state index in [0.717, 1.165) is 6.54 Å². The number of carbonyl (C=O) groups is 1. The van der Waals surface area contributed by atoms with Crippen LogP contribution in [0.15, 0.2) is 0 Å². The molecule has 0 aromatic rings. The first-order chi connectivity index (χ1) is 7.16. The molecule has 2 amide bonds. The SMILES string of the molecule is COCCOCNC(=O)NCCN(C)C. The molecular formula is C9H21N3O3. The quantitative estimate of drug-likeness (QED) is 0.425. The summed E-state index contributed by atoms with van der Waals surface area (Å²) in [5, 5.41) is 5.27. The number of hydrogen-bond acceptors (Lipinski definition) is 4. The van der Waals surface area contributed by atoms with E-state index in [-0.39, 0.29) is 12.8 Å². The molecule has 0 bridgehead atoms. The van der Waals surface area contributed by atoms with Gasteiger partial charge in [0.1, 0.15) is 6.73 Å². The summed E-state index contributed by atoms with van der Waals surface area (Å²) in [5.74, 6) is 0. The van der Waals surface area contributed by atoms with Gasteiger partial charge in [-0.1, -0.05) is 0 Å². The fourth-order valence-corrected chi connectivity index (χ4v) is 0.787. The first-order valence-corrected chi connectivity index (χ1v) is 4.90. The van der Waals surface area contributed by atoms with Gasteiger partial charge in [-0.15, -0.1) is 0 Å². The molecule has 0 aromatic carbocycles. The highest BCUT2D eigenvalue weighted by molar-refractivity contribution is 5.73. The topological polar surface area (TPSA) is 62.8 Å². The summed E-state index contributed by atoms with van der Waals surface area (Å²) in [6, 6.07) is -0.214. The van der Waals surface area contributed by atoms with Crippen molar-refractivity contribution in [1.82, 2.24) is 15.5 Å². The number of rotatable bonds is 8. The van der Waals surface area contributed by atoms with Crippen molar-refractivity contribution in [1.29, 1.82) is 0 Å². The molecule has 0 fully saturated rings. The Bertz CT molecular complexity index is 165. The zero-order valence-electron chi connectivity index (χ0n) is 9.71. The van der Waals surface area contributed by atoms with Crippen molar-refractivity contribution in [3.63, 3.8) is 0 Å². The molecule has 0 unspecified atom stereocenters. The van der Waals surface area contributed by atoms with Crippen LogP contribution in [0.1, 0.15) is 0 Å². The molecule has 0 rings (SSSR count). The Morgan fingerprint density at radius 2 is 2.00 bits per heavy atom. The lowest BCUT2D eigenvalue weighted by Gasteiger charge is -2.11. The predicted molar refractivity (Wildman–Crippen MR) is 57.8 cm³/mol. The molecule has 0 aromatic heterocycles. The Morgan fingerprint density at radius 1 is 1.27 bits per heavy atom. The molecule has 6 heteroatoms. The van der Waals surface area contributed by atoms with Crippen LogP contribution >= 0.6 is 0 Å². The number of methoxy groups -OCH3 is 1. The molecule has 0 aliphatic rings. The van der Waals surface area contributed by atoms with Crippen molar-refractivity contribution < 1.29 is 14.3 Å². The summed E-state index contributed by atoms with van der Waals surface area (Å²) in [7, 11) is 5.51. The summed E-state index contributed by atoms with van der Waals surface area (Å²) in [6.45, 7) is 2.66. The van der Waals surface area contributed by atoms with Crippen molar-refractivity contribution in [3.8, 4) is 0 Å². The third-order valence-corrected chi connectivity index (χ3v) is 1.61. The summed E-state index contributed by atoms with van der Waals surface area (Å²) in [5.41, 5.74) is 0. The minimum Gasteiger partial charge on any atom is -0.382 e. The van der Waals surface area contributed by atoms with Crippen LogP contribution in [0.2, 0.25) is 0 Å². The van der Waals surface area contributed by atoms with Crippen molar-refractivity contribution in [2.24, 2.45) is 0 Å². The molecule has 0 aliphatic heterocycles. The summed E-state index contributed by atoms with van der Waals surface area (Å²) in [6.07, 6.45) is 0. The standard InChI is InChI=1S/C9H21N3O3/c1-12(2)5-4-10-9(13)11-8-15-7-6-14-3/h4-8H2,1-3H3,(H2,10,11,13). The lowest BCUT2D eigenvalue weighted by molar-refractivity contribution is 0.0642. The predicted octanol–water partition coefficient (Wildman–Crippen LogP) is -0.532. The third kappa shape index (κ3) is 11.1. The fraction of sp³-hybridized carbons (Fsp3) is 0.889. The van der Waals surface area contributed by atoms with E-state index in [4.69, 9.17) is 9.47 Å². The lowest BCUT2D eigenvalue weighted by Crippen LogP contribution is -2.40. The van der Waals surface area contributed by atoms with Crippen LogP contribution in [0, 0.1) is 0 Å². The summed E-state index contributed by atoms with van der Waals surface area (Å²) in [4.78, 5) is 13.1. The maximum absolute atomic E-state index is 11.1.